The summed E-state index contributed by atoms with van der Waals surface area (Å²) in [4.78, 5) is 29.9. The number of nitrogens with two attached hydrogens (primary N) is 1. The first-order valence-electron chi connectivity index (χ1n) is 14.5. The number of anilines is 3. The van der Waals surface area contributed by atoms with Crippen molar-refractivity contribution in [2.24, 2.45) is 0 Å². The number of benzene rings is 2. The Morgan fingerprint density at radius 1 is 1.00 bits per heavy atom. The Morgan fingerprint density at radius 2 is 1.74 bits per heavy atom. The average molecular weight is 641 g/mol. The van der Waals surface area contributed by atoms with Gasteiger partial charge in [0.1, 0.15) is 23.8 Å². The van der Waals surface area contributed by atoms with E-state index in [1.165, 1.54) is 12.4 Å². The molecule has 2 aromatic carbocycles. The number of hydrogen-bond donors (Lipinski definition) is 3. The van der Waals surface area contributed by atoms with Crippen LogP contribution in [-0.2, 0) is 19.3 Å². The Labute approximate surface area is 262 Å². The number of amides is 1. The zero-order valence-corrected chi connectivity index (χ0v) is 25.2. The van der Waals surface area contributed by atoms with Crippen LogP contribution in [0.3, 0.4) is 0 Å². The van der Waals surface area contributed by atoms with Gasteiger partial charge in [0.25, 0.3) is 5.91 Å². The molecule has 4 aromatic rings. The molecule has 0 saturated carbocycles. The number of pyridine rings is 1. The fraction of sp³-hybridized carbons (Fsp3) is 0.312. The van der Waals surface area contributed by atoms with Crippen LogP contribution in [0.2, 0.25) is 0 Å². The van der Waals surface area contributed by atoms with Gasteiger partial charge in [-0.25, -0.2) is 23.7 Å². The molecular weight excluding hydrogens is 607 g/mol. The summed E-state index contributed by atoms with van der Waals surface area (Å²) in [5.74, 6) is -1.88. The van der Waals surface area contributed by atoms with Gasteiger partial charge in [0.15, 0.2) is 11.6 Å². The molecule has 46 heavy (non-hydrogen) atoms. The Balaban J connectivity index is 1.30. The highest BCUT2D eigenvalue weighted by Crippen LogP contribution is 2.41. The van der Waals surface area contributed by atoms with Crippen LogP contribution in [0.4, 0.5) is 39.4 Å². The maximum Gasteiger partial charge on any atom is 0.417 e. The molecular formula is C32H33F5N8O. The quantitative estimate of drug-likeness (QED) is 0.192. The number of aromatic nitrogens is 3. The van der Waals surface area contributed by atoms with E-state index in [-0.39, 0.29) is 36.0 Å². The van der Waals surface area contributed by atoms with Gasteiger partial charge >= 0.3 is 6.18 Å². The number of hydrogen-bond acceptors (Lipinski definition) is 8. The second-order valence-corrected chi connectivity index (χ2v) is 11.3. The van der Waals surface area contributed by atoms with Crippen LogP contribution in [0.1, 0.15) is 50.5 Å². The van der Waals surface area contributed by atoms with Crippen LogP contribution in [-0.4, -0.2) is 59.5 Å². The van der Waals surface area contributed by atoms with Gasteiger partial charge in [-0.3, -0.25) is 4.79 Å². The SMILES string of the molecule is CN(C)CCCN1CC(c2ccc(CNc3ncc(C(F)(F)F)cc3C(=O)NCc3ccc(F)c(F)c3)cc2)c2c(N)ncnc21. The first-order chi connectivity index (χ1) is 21.9. The fourth-order valence-electron chi connectivity index (χ4n) is 5.35. The Bertz CT molecular complexity index is 1700. The normalized spacial score (nSPS) is 14.4. The lowest BCUT2D eigenvalue weighted by Crippen LogP contribution is -2.27. The highest BCUT2D eigenvalue weighted by atomic mass is 19.4. The molecule has 5 rings (SSSR count). The largest absolute Gasteiger partial charge is 0.417 e. The fourth-order valence-corrected chi connectivity index (χ4v) is 5.35. The van der Waals surface area contributed by atoms with Crippen LogP contribution < -0.4 is 21.3 Å². The number of carbonyl (C=O) groups excluding carboxylic acids is 1. The minimum atomic E-state index is -4.73. The zero-order chi connectivity index (χ0) is 33.0. The average Bonchev–Trinajstić information content (AvgIpc) is 3.39. The zero-order valence-electron chi connectivity index (χ0n) is 25.2. The van der Waals surface area contributed by atoms with Gasteiger partial charge in [-0.2, -0.15) is 13.2 Å². The van der Waals surface area contributed by atoms with Crippen LogP contribution in [0, 0.1) is 11.6 Å². The van der Waals surface area contributed by atoms with Crippen molar-refractivity contribution in [3.05, 3.63) is 106 Å². The third kappa shape index (κ3) is 7.50. The van der Waals surface area contributed by atoms with E-state index in [0.717, 1.165) is 54.2 Å². The second-order valence-electron chi connectivity index (χ2n) is 11.3. The maximum absolute atomic E-state index is 13.6. The molecule has 0 fully saturated rings. The summed E-state index contributed by atoms with van der Waals surface area (Å²) in [6.07, 6.45) is -1.66. The number of nitrogen functional groups attached to an aromatic ring is 1. The van der Waals surface area contributed by atoms with E-state index in [2.05, 4.69) is 35.4 Å². The molecule has 9 nitrogen and oxygen atoms in total. The van der Waals surface area contributed by atoms with E-state index in [0.29, 0.717) is 24.6 Å². The maximum atomic E-state index is 13.6. The standard InChI is InChI=1S/C32H33F5N8O/c1-44(2)10-3-11-45-17-24(27-28(38)42-18-43-30(27)45)21-7-4-19(5-8-21)14-39-29-23(13-22(16-40-29)32(35,36)37)31(46)41-15-20-6-9-25(33)26(34)12-20/h4-9,12-13,16,18,24H,3,10-11,14-15,17H2,1-2H3,(H,39,40)(H,41,46)(H2,38,42,43). The lowest BCUT2D eigenvalue weighted by atomic mass is 9.93. The van der Waals surface area contributed by atoms with E-state index in [9.17, 15) is 26.7 Å². The van der Waals surface area contributed by atoms with Crippen molar-refractivity contribution in [3.63, 3.8) is 0 Å². The van der Waals surface area contributed by atoms with E-state index >= 15 is 0 Å². The third-order valence-corrected chi connectivity index (χ3v) is 7.72. The van der Waals surface area contributed by atoms with Crippen molar-refractivity contribution >= 4 is 23.4 Å². The number of carbonyl (C=O) groups is 1. The minimum absolute atomic E-state index is 0.0426. The lowest BCUT2D eigenvalue weighted by molar-refractivity contribution is -0.137. The molecule has 0 saturated heterocycles. The number of halogens is 5. The molecule has 1 atom stereocenters. The predicted molar refractivity (Wildman–Crippen MR) is 164 cm³/mol. The molecule has 1 amide bonds. The molecule has 0 spiro atoms. The van der Waals surface area contributed by atoms with Crippen molar-refractivity contribution in [2.45, 2.75) is 31.6 Å². The summed E-state index contributed by atoms with van der Waals surface area (Å²) < 4.78 is 67.2. The molecule has 1 aliphatic rings. The smallest absolute Gasteiger partial charge is 0.383 e. The molecule has 14 heteroatoms. The van der Waals surface area contributed by atoms with Crippen LogP contribution >= 0.6 is 0 Å². The summed E-state index contributed by atoms with van der Waals surface area (Å²) in [6.45, 7) is 2.37. The van der Waals surface area contributed by atoms with Crippen molar-refractivity contribution in [1.29, 1.82) is 0 Å². The predicted octanol–water partition coefficient (Wildman–Crippen LogP) is 5.20. The first-order valence-corrected chi connectivity index (χ1v) is 14.5. The van der Waals surface area contributed by atoms with Gasteiger partial charge in [-0.1, -0.05) is 30.3 Å². The number of nitrogens with one attached hydrogen (secondary N) is 2. The van der Waals surface area contributed by atoms with Crippen molar-refractivity contribution in [1.82, 2.24) is 25.2 Å². The molecule has 4 N–H and O–H groups in total. The van der Waals surface area contributed by atoms with Crippen LogP contribution in [0.25, 0.3) is 0 Å². The highest BCUT2D eigenvalue weighted by Gasteiger charge is 2.34. The number of rotatable bonds is 11. The molecule has 2 aromatic heterocycles. The molecule has 242 valence electrons. The van der Waals surface area contributed by atoms with E-state index in [4.69, 9.17) is 5.73 Å². The number of nitrogens with zero attached hydrogens (tertiary/aromatic N) is 5. The molecule has 3 heterocycles. The number of alkyl halides is 3. The Morgan fingerprint density at radius 3 is 2.43 bits per heavy atom. The summed E-state index contributed by atoms with van der Waals surface area (Å²) in [6, 6.07) is 11.4. The van der Waals surface area contributed by atoms with Gasteiger partial charge in [-0.15, -0.1) is 0 Å². The van der Waals surface area contributed by atoms with Crippen molar-refractivity contribution < 1.29 is 26.7 Å². The third-order valence-electron chi connectivity index (χ3n) is 7.72. The summed E-state index contributed by atoms with van der Waals surface area (Å²) in [5.41, 5.74) is 7.75. The van der Waals surface area contributed by atoms with Gasteiger partial charge in [0.2, 0.25) is 0 Å². The minimum Gasteiger partial charge on any atom is -0.383 e. The van der Waals surface area contributed by atoms with Crippen molar-refractivity contribution in [2.75, 3.05) is 49.7 Å². The summed E-state index contributed by atoms with van der Waals surface area (Å²) in [5, 5.41) is 5.41. The lowest BCUT2D eigenvalue weighted by Gasteiger charge is -2.20. The summed E-state index contributed by atoms with van der Waals surface area (Å²) >= 11 is 0. The second kappa shape index (κ2) is 13.6. The van der Waals surface area contributed by atoms with E-state index in [1.807, 2.05) is 38.4 Å². The highest BCUT2D eigenvalue weighted by molar-refractivity contribution is 5.98. The molecule has 1 unspecified atom stereocenters. The van der Waals surface area contributed by atoms with Crippen LogP contribution in [0.15, 0.2) is 61.1 Å². The Hall–Kier alpha value is -4.85. The van der Waals surface area contributed by atoms with Crippen LogP contribution in [0.5, 0.6) is 0 Å². The monoisotopic (exact) mass is 640 g/mol. The van der Waals surface area contributed by atoms with E-state index in [1.54, 1.807) is 0 Å². The molecule has 0 bridgehead atoms. The Kier molecular flexibility index (Phi) is 9.65. The molecule has 1 aliphatic heterocycles. The van der Waals surface area contributed by atoms with Gasteiger partial charge in [0, 0.05) is 43.9 Å². The van der Waals surface area contributed by atoms with Crippen molar-refractivity contribution in [3.8, 4) is 0 Å². The molecule has 0 radical (unpaired) electrons. The topological polar surface area (TPSA) is 112 Å². The van der Waals surface area contributed by atoms with Gasteiger partial charge in [0.05, 0.1) is 11.1 Å². The first kappa shape index (κ1) is 32.5. The molecule has 0 aliphatic carbocycles. The summed E-state index contributed by atoms with van der Waals surface area (Å²) in [7, 11) is 4.06. The number of fused-ring (bicyclic) bond motifs is 1. The van der Waals surface area contributed by atoms with Gasteiger partial charge < -0.3 is 26.2 Å². The van der Waals surface area contributed by atoms with Gasteiger partial charge in [-0.05, 0) is 62.0 Å². The van der Waals surface area contributed by atoms with E-state index < -0.39 is 29.3 Å².